The second-order valence-corrected chi connectivity index (χ2v) is 19.5. The number of nitrogens with zero attached hydrogens (tertiary/aromatic N) is 1. The Morgan fingerprint density at radius 3 is 2.09 bits per heavy atom. The number of rotatable bonds is 4. The predicted octanol–water partition coefficient (Wildman–Crippen LogP) is 14.1. The molecule has 6 aromatic rings. The van der Waals surface area contributed by atoms with E-state index in [1.165, 1.54) is 98.4 Å². The van der Waals surface area contributed by atoms with Crippen LogP contribution < -0.4 is 4.90 Å². The predicted molar refractivity (Wildman–Crippen MR) is 223 cm³/mol. The van der Waals surface area contributed by atoms with E-state index >= 15 is 0 Å². The van der Waals surface area contributed by atoms with E-state index in [9.17, 15) is 0 Å². The third kappa shape index (κ3) is 4.64. The highest BCUT2D eigenvalue weighted by Gasteiger charge is 2.66. The average Bonchev–Trinajstić information content (AvgIpc) is 3.58. The van der Waals surface area contributed by atoms with Gasteiger partial charge in [-0.2, -0.15) is 0 Å². The van der Waals surface area contributed by atoms with E-state index in [0.717, 1.165) is 11.8 Å². The maximum absolute atomic E-state index is 2.66. The molecule has 53 heavy (non-hydrogen) atoms. The highest BCUT2D eigenvalue weighted by Crippen LogP contribution is 2.73. The maximum Gasteiger partial charge on any atom is 0.0514 e. The summed E-state index contributed by atoms with van der Waals surface area (Å²) >= 11 is 2.02. The fourth-order valence-electron chi connectivity index (χ4n) is 12.3. The van der Waals surface area contributed by atoms with Gasteiger partial charge in [-0.25, -0.2) is 0 Å². The van der Waals surface area contributed by atoms with Gasteiger partial charge in [0.15, 0.2) is 0 Å². The molecule has 12 rings (SSSR count). The molecular formula is C51H49NS. The largest absolute Gasteiger partial charge is 0.310 e. The molecule has 0 aromatic heterocycles. The number of hydrogen-bond acceptors (Lipinski definition) is 2. The van der Waals surface area contributed by atoms with E-state index in [2.05, 4.69) is 160 Å². The Hall–Kier alpha value is -4.27. The molecule has 6 aliphatic rings. The van der Waals surface area contributed by atoms with E-state index < -0.39 is 0 Å². The monoisotopic (exact) mass is 707 g/mol. The third-order valence-electron chi connectivity index (χ3n) is 14.7. The van der Waals surface area contributed by atoms with Crippen molar-refractivity contribution in [2.24, 2.45) is 23.7 Å². The van der Waals surface area contributed by atoms with Crippen LogP contribution in [0.4, 0.5) is 17.1 Å². The van der Waals surface area contributed by atoms with Crippen molar-refractivity contribution in [2.75, 3.05) is 4.90 Å². The SMILES string of the molecule is CC1(C)CCC(C)(C)c2cc(N(c3ccc(-c4ccc5ccccc5c4)cc3)c3cccc4c3C3(c5ccccc5S4)C4CC5CC(C4)C3C5)ccc21. The van der Waals surface area contributed by atoms with E-state index in [1.807, 2.05) is 11.8 Å². The summed E-state index contributed by atoms with van der Waals surface area (Å²) in [6, 6.07) is 49.3. The van der Waals surface area contributed by atoms with Crippen LogP contribution in [0.15, 0.2) is 137 Å². The van der Waals surface area contributed by atoms with Gasteiger partial charge in [0.2, 0.25) is 0 Å². The standard InChI is InChI=1S/C51H49NS/c1-49(2)24-25-50(3,4)44-31-40(22-23-41(44)49)52(39-20-18-34(19-21-39)36-17-16-33-10-5-6-11-35(33)29-36)45-13-9-15-47-48(45)51(42-12-7-8-14-46(42)53-47)38-27-32-26-37(30-38)43(51)28-32/h5-23,29,31-32,37-38,43H,24-28,30H2,1-4H3. The van der Waals surface area contributed by atoms with Crippen LogP contribution in [-0.4, -0.2) is 0 Å². The minimum atomic E-state index is 0.0597. The average molecular weight is 708 g/mol. The van der Waals surface area contributed by atoms with Gasteiger partial charge in [-0.15, -0.1) is 0 Å². The van der Waals surface area contributed by atoms with E-state index in [4.69, 9.17) is 0 Å². The summed E-state index contributed by atoms with van der Waals surface area (Å²) in [5.74, 6) is 3.18. The molecule has 0 radical (unpaired) electrons. The summed E-state index contributed by atoms with van der Waals surface area (Å²) in [4.78, 5) is 5.61. The Kier molecular flexibility index (Phi) is 6.91. The second-order valence-electron chi connectivity index (χ2n) is 18.4. The van der Waals surface area contributed by atoms with Gasteiger partial charge in [-0.05, 0) is 160 Å². The van der Waals surface area contributed by atoms with Gasteiger partial charge in [-0.3, -0.25) is 0 Å². The summed E-state index contributed by atoms with van der Waals surface area (Å²) in [6.07, 6.45) is 8.02. The summed E-state index contributed by atoms with van der Waals surface area (Å²) in [5.41, 5.74) is 13.0. The first kappa shape index (κ1) is 32.2. The van der Waals surface area contributed by atoms with Crippen LogP contribution in [0.25, 0.3) is 21.9 Å². The highest BCUT2D eigenvalue weighted by molar-refractivity contribution is 7.99. The van der Waals surface area contributed by atoms with Crippen LogP contribution in [0, 0.1) is 23.7 Å². The molecule has 0 saturated heterocycles. The van der Waals surface area contributed by atoms with Gasteiger partial charge in [0.1, 0.15) is 0 Å². The van der Waals surface area contributed by atoms with Gasteiger partial charge in [0.05, 0.1) is 5.69 Å². The minimum absolute atomic E-state index is 0.0597. The van der Waals surface area contributed by atoms with Gasteiger partial charge in [-0.1, -0.05) is 118 Å². The lowest BCUT2D eigenvalue weighted by Gasteiger charge is -2.50. The molecule has 1 aliphatic heterocycles. The molecule has 5 atom stereocenters. The summed E-state index contributed by atoms with van der Waals surface area (Å²) in [6.45, 7) is 9.82. The lowest BCUT2D eigenvalue weighted by molar-refractivity contribution is 0.181. The number of hydrogen-bond donors (Lipinski definition) is 0. The normalized spacial score (nSPS) is 26.7. The van der Waals surface area contributed by atoms with Gasteiger partial charge in [0.25, 0.3) is 0 Å². The summed E-state index contributed by atoms with van der Waals surface area (Å²) in [5, 5.41) is 2.57. The second kappa shape index (κ2) is 11.4. The van der Waals surface area contributed by atoms with Crippen molar-refractivity contribution in [2.45, 2.75) is 92.3 Å². The Labute approximate surface area is 319 Å². The maximum atomic E-state index is 2.66. The molecule has 5 unspecified atom stereocenters. The van der Waals surface area contributed by atoms with Crippen molar-refractivity contribution < 1.29 is 0 Å². The zero-order chi connectivity index (χ0) is 35.7. The summed E-state index contributed by atoms with van der Waals surface area (Å²) < 4.78 is 0. The van der Waals surface area contributed by atoms with Crippen molar-refractivity contribution in [1.82, 2.24) is 0 Å². The van der Waals surface area contributed by atoms with Gasteiger partial charge >= 0.3 is 0 Å². The van der Waals surface area contributed by atoms with Crippen molar-refractivity contribution in [3.05, 3.63) is 150 Å². The van der Waals surface area contributed by atoms with Crippen LogP contribution in [0.2, 0.25) is 0 Å². The van der Waals surface area contributed by atoms with Crippen LogP contribution in [0.1, 0.15) is 88.5 Å². The van der Waals surface area contributed by atoms with Crippen LogP contribution in [0.5, 0.6) is 0 Å². The van der Waals surface area contributed by atoms with Crippen LogP contribution in [-0.2, 0) is 16.2 Å². The molecule has 5 aliphatic carbocycles. The topological polar surface area (TPSA) is 3.24 Å². The Morgan fingerprint density at radius 2 is 1.26 bits per heavy atom. The molecule has 4 bridgehead atoms. The fraction of sp³-hybridized carbons (Fsp3) is 0.333. The molecule has 0 N–H and O–H groups in total. The van der Waals surface area contributed by atoms with Crippen LogP contribution in [0.3, 0.4) is 0 Å². The minimum Gasteiger partial charge on any atom is -0.310 e. The first-order valence-corrected chi connectivity index (χ1v) is 21.0. The molecule has 6 aromatic carbocycles. The lowest BCUT2D eigenvalue weighted by atomic mass is 9.57. The highest BCUT2D eigenvalue weighted by atomic mass is 32.2. The Balaban J connectivity index is 1.13. The summed E-state index contributed by atoms with van der Waals surface area (Å²) in [7, 11) is 0. The molecule has 4 fully saturated rings. The molecule has 1 nitrogen and oxygen atoms in total. The zero-order valence-electron chi connectivity index (χ0n) is 31.5. The number of fused-ring (bicyclic) bond motifs is 4. The lowest BCUT2D eigenvalue weighted by Crippen LogP contribution is -2.44. The molecule has 1 spiro atoms. The third-order valence-corrected chi connectivity index (χ3v) is 15.9. The molecule has 0 amide bonds. The van der Waals surface area contributed by atoms with Gasteiger partial charge in [0, 0.05) is 32.1 Å². The molecular weight excluding hydrogens is 659 g/mol. The quantitative estimate of drug-likeness (QED) is 0.179. The Bertz CT molecular complexity index is 2430. The first-order valence-electron chi connectivity index (χ1n) is 20.2. The molecule has 264 valence electrons. The number of benzene rings is 6. The first-order chi connectivity index (χ1) is 25.7. The number of anilines is 3. The van der Waals surface area contributed by atoms with Crippen molar-refractivity contribution in [1.29, 1.82) is 0 Å². The molecule has 1 heterocycles. The van der Waals surface area contributed by atoms with Crippen molar-refractivity contribution in [3.63, 3.8) is 0 Å². The fourth-order valence-corrected chi connectivity index (χ4v) is 13.5. The molecule has 2 heteroatoms. The van der Waals surface area contributed by atoms with Crippen molar-refractivity contribution >= 4 is 39.6 Å². The van der Waals surface area contributed by atoms with E-state index in [1.54, 1.807) is 11.1 Å². The van der Waals surface area contributed by atoms with Crippen molar-refractivity contribution in [3.8, 4) is 11.1 Å². The van der Waals surface area contributed by atoms with E-state index in [-0.39, 0.29) is 16.2 Å². The zero-order valence-corrected chi connectivity index (χ0v) is 32.3. The van der Waals surface area contributed by atoms with Gasteiger partial charge < -0.3 is 4.90 Å². The molecule has 4 saturated carbocycles. The van der Waals surface area contributed by atoms with Crippen LogP contribution >= 0.6 is 11.8 Å². The smallest absolute Gasteiger partial charge is 0.0514 e. The van der Waals surface area contributed by atoms with E-state index in [0.29, 0.717) is 11.8 Å². The Morgan fingerprint density at radius 1 is 0.547 bits per heavy atom.